The Morgan fingerprint density at radius 1 is 0.347 bits per heavy atom. The van der Waals surface area contributed by atoms with E-state index in [1.807, 2.05) is 11.3 Å². The lowest BCUT2D eigenvalue weighted by Crippen LogP contribution is -2.04. The largest absolute Gasteiger partial charge is 0.490 e. The van der Waals surface area contributed by atoms with Crippen LogP contribution in [0.5, 0.6) is 23.0 Å². The summed E-state index contributed by atoms with van der Waals surface area (Å²) < 4.78 is 29.0. The number of benzene rings is 2. The van der Waals surface area contributed by atoms with Gasteiger partial charge in [0.1, 0.15) is 0 Å². The number of hydrogen-bond acceptors (Lipinski definition) is 5. The van der Waals surface area contributed by atoms with Crippen molar-refractivity contribution in [3.63, 3.8) is 0 Å². The molecule has 0 aliphatic heterocycles. The maximum Gasteiger partial charge on any atom is 0.170 e. The third-order valence-corrected chi connectivity index (χ3v) is 10.8. The van der Waals surface area contributed by atoms with Crippen LogP contribution < -0.4 is 18.9 Å². The smallest absolute Gasteiger partial charge is 0.170 e. The molecule has 0 aliphatic carbocycles. The van der Waals surface area contributed by atoms with Crippen LogP contribution in [0, 0.1) is 0 Å². The summed E-state index contributed by atoms with van der Waals surface area (Å²) in [5, 5.41) is 2.27. The Balaban J connectivity index is 1.88. The van der Waals surface area contributed by atoms with Gasteiger partial charge in [0.15, 0.2) is 23.0 Å². The predicted molar refractivity (Wildman–Crippen MR) is 215 cm³/mol. The second-order valence-electron chi connectivity index (χ2n) is 14.1. The fourth-order valence-electron chi connectivity index (χ4n) is 6.61. The summed E-state index contributed by atoms with van der Waals surface area (Å²) in [6, 6.07) is 8.72. The second kappa shape index (κ2) is 26.6. The van der Waals surface area contributed by atoms with Gasteiger partial charge < -0.3 is 18.9 Å². The zero-order chi connectivity index (χ0) is 34.8. The standard InChI is InChI=1S/C44H72O4S/c1-5-9-13-17-21-25-33-45-37-29-31-39-41(43(37)47-35-27-23-19-15-11-7-3)42-40(49-39)32-30-38(46-34-26-22-18-14-10-6-2)44(42)48-36-28-24-20-16-12-8-4/h29-32H,5-28,33-36H2,1-4H3. The predicted octanol–water partition coefficient (Wildman–Crippen LogP) is 15.0. The molecule has 1 aromatic heterocycles. The Morgan fingerprint density at radius 3 is 0.959 bits per heavy atom. The van der Waals surface area contributed by atoms with Crippen molar-refractivity contribution < 1.29 is 18.9 Å². The van der Waals surface area contributed by atoms with Crippen molar-refractivity contribution in [2.75, 3.05) is 26.4 Å². The summed E-state index contributed by atoms with van der Waals surface area (Å²) in [6.45, 7) is 12.0. The zero-order valence-electron chi connectivity index (χ0n) is 32.1. The molecule has 49 heavy (non-hydrogen) atoms. The van der Waals surface area contributed by atoms with Gasteiger partial charge in [0.25, 0.3) is 0 Å². The van der Waals surface area contributed by atoms with E-state index in [2.05, 4.69) is 52.0 Å². The minimum absolute atomic E-state index is 0.706. The maximum absolute atomic E-state index is 6.74. The molecule has 1 heterocycles. The molecule has 2 aromatic carbocycles. The summed E-state index contributed by atoms with van der Waals surface area (Å²) in [4.78, 5) is 0. The van der Waals surface area contributed by atoms with Crippen molar-refractivity contribution in [1.29, 1.82) is 0 Å². The van der Waals surface area contributed by atoms with E-state index in [4.69, 9.17) is 18.9 Å². The van der Waals surface area contributed by atoms with Gasteiger partial charge in [0, 0.05) is 9.40 Å². The van der Waals surface area contributed by atoms with Crippen LogP contribution in [0.4, 0.5) is 0 Å². The molecule has 0 N–H and O–H groups in total. The van der Waals surface area contributed by atoms with Gasteiger partial charge in [0.2, 0.25) is 0 Å². The number of ether oxygens (including phenoxy) is 4. The van der Waals surface area contributed by atoms with Crippen LogP contribution in [0.3, 0.4) is 0 Å². The minimum Gasteiger partial charge on any atom is -0.490 e. The highest BCUT2D eigenvalue weighted by molar-refractivity contribution is 7.26. The molecule has 0 bridgehead atoms. The zero-order valence-corrected chi connectivity index (χ0v) is 33.0. The summed E-state index contributed by atoms with van der Waals surface area (Å²) in [6.07, 6.45) is 29.9. The summed E-state index contributed by atoms with van der Waals surface area (Å²) in [5.74, 6) is 3.51. The molecule has 0 radical (unpaired) electrons. The molecular formula is C44H72O4S. The fraction of sp³-hybridized carbons (Fsp3) is 0.727. The van der Waals surface area contributed by atoms with E-state index in [0.717, 1.165) is 72.7 Å². The van der Waals surface area contributed by atoms with Gasteiger partial charge in [0.05, 0.1) is 37.2 Å². The first-order valence-electron chi connectivity index (χ1n) is 20.8. The highest BCUT2D eigenvalue weighted by Gasteiger charge is 2.22. The average molecular weight is 697 g/mol. The van der Waals surface area contributed by atoms with Gasteiger partial charge in [-0.2, -0.15) is 0 Å². The lowest BCUT2D eigenvalue weighted by Gasteiger charge is -2.17. The molecule has 0 unspecified atom stereocenters. The third kappa shape index (κ3) is 15.3. The van der Waals surface area contributed by atoms with Gasteiger partial charge in [-0.05, 0) is 49.9 Å². The van der Waals surface area contributed by atoms with Crippen molar-refractivity contribution in [2.45, 2.75) is 182 Å². The van der Waals surface area contributed by atoms with Gasteiger partial charge in [-0.15, -0.1) is 11.3 Å². The molecular weight excluding hydrogens is 625 g/mol. The van der Waals surface area contributed by atoms with E-state index < -0.39 is 0 Å². The van der Waals surface area contributed by atoms with Crippen LogP contribution in [0.25, 0.3) is 20.2 Å². The number of rotatable bonds is 32. The topological polar surface area (TPSA) is 36.9 Å². The van der Waals surface area contributed by atoms with Crippen LogP contribution in [-0.2, 0) is 0 Å². The Kier molecular flexibility index (Phi) is 22.4. The van der Waals surface area contributed by atoms with Crippen LogP contribution in [0.1, 0.15) is 182 Å². The van der Waals surface area contributed by atoms with E-state index >= 15 is 0 Å². The Labute approximate surface area is 305 Å². The molecule has 0 fully saturated rings. The molecule has 4 nitrogen and oxygen atoms in total. The van der Waals surface area contributed by atoms with Crippen molar-refractivity contribution in [3.05, 3.63) is 24.3 Å². The summed E-state index contributed by atoms with van der Waals surface area (Å²) in [5.41, 5.74) is 0. The van der Waals surface area contributed by atoms with E-state index in [1.54, 1.807) is 0 Å². The Hall–Kier alpha value is -2.14. The molecule has 3 rings (SSSR count). The normalized spacial score (nSPS) is 11.5. The summed E-state index contributed by atoms with van der Waals surface area (Å²) in [7, 11) is 0. The first kappa shape index (κ1) is 41.3. The lowest BCUT2D eigenvalue weighted by atomic mass is 10.1. The minimum atomic E-state index is 0.706. The first-order valence-corrected chi connectivity index (χ1v) is 21.6. The number of hydrogen-bond donors (Lipinski definition) is 0. The van der Waals surface area contributed by atoms with Gasteiger partial charge in [-0.3, -0.25) is 0 Å². The van der Waals surface area contributed by atoms with Gasteiger partial charge in [-0.25, -0.2) is 0 Å². The van der Waals surface area contributed by atoms with Crippen LogP contribution in [-0.4, -0.2) is 26.4 Å². The first-order chi connectivity index (χ1) is 24.2. The highest BCUT2D eigenvalue weighted by Crippen LogP contribution is 2.50. The SMILES string of the molecule is CCCCCCCCOc1ccc2sc3ccc(OCCCCCCCC)c(OCCCCCCCC)c3c2c1OCCCCCCCC. The molecule has 0 spiro atoms. The van der Waals surface area contributed by atoms with E-state index in [9.17, 15) is 0 Å². The van der Waals surface area contributed by atoms with Crippen molar-refractivity contribution in [2.24, 2.45) is 0 Å². The second-order valence-corrected chi connectivity index (χ2v) is 15.2. The number of thiophene rings is 1. The highest BCUT2D eigenvalue weighted by atomic mass is 32.1. The van der Waals surface area contributed by atoms with Crippen LogP contribution >= 0.6 is 11.3 Å². The van der Waals surface area contributed by atoms with E-state index in [1.165, 1.54) is 138 Å². The Bertz CT molecular complexity index is 1160. The van der Waals surface area contributed by atoms with Crippen molar-refractivity contribution in [3.8, 4) is 23.0 Å². The van der Waals surface area contributed by atoms with E-state index in [-0.39, 0.29) is 0 Å². The molecule has 0 atom stereocenters. The van der Waals surface area contributed by atoms with Gasteiger partial charge >= 0.3 is 0 Å². The summed E-state index contributed by atoms with van der Waals surface area (Å²) >= 11 is 1.82. The molecule has 0 saturated carbocycles. The Morgan fingerprint density at radius 2 is 0.633 bits per heavy atom. The molecule has 278 valence electrons. The quantitative estimate of drug-likeness (QED) is 0.0609. The third-order valence-electron chi connectivity index (χ3n) is 9.64. The maximum atomic E-state index is 6.74. The van der Waals surface area contributed by atoms with Crippen LogP contribution in [0.2, 0.25) is 0 Å². The van der Waals surface area contributed by atoms with Crippen LogP contribution in [0.15, 0.2) is 24.3 Å². The average Bonchev–Trinajstić information content (AvgIpc) is 3.50. The van der Waals surface area contributed by atoms with Crippen molar-refractivity contribution >= 4 is 31.5 Å². The number of unbranched alkanes of at least 4 members (excludes halogenated alkanes) is 20. The molecule has 3 aromatic rings. The monoisotopic (exact) mass is 697 g/mol. The molecule has 0 amide bonds. The number of fused-ring (bicyclic) bond motifs is 3. The van der Waals surface area contributed by atoms with Crippen molar-refractivity contribution in [1.82, 2.24) is 0 Å². The lowest BCUT2D eigenvalue weighted by molar-refractivity contribution is 0.259. The molecule has 5 heteroatoms. The van der Waals surface area contributed by atoms with Gasteiger partial charge in [-0.1, -0.05) is 156 Å². The van der Waals surface area contributed by atoms with E-state index in [0.29, 0.717) is 13.2 Å². The molecule has 0 aliphatic rings. The molecule has 0 saturated heterocycles. The fourth-order valence-corrected chi connectivity index (χ4v) is 7.71.